The number of nitrogens with one attached hydrogen (secondary N) is 1. The summed E-state index contributed by atoms with van der Waals surface area (Å²) in [7, 11) is 0. The number of nitrogens with zero attached hydrogens (tertiary/aromatic N) is 1. The Balaban J connectivity index is 1.70. The Kier molecular flexibility index (Phi) is 3.42. The van der Waals surface area contributed by atoms with Crippen LogP contribution in [-0.2, 0) is 11.3 Å². The van der Waals surface area contributed by atoms with Crippen molar-refractivity contribution in [1.29, 1.82) is 0 Å². The lowest BCUT2D eigenvalue weighted by atomic mass is 9.88. The zero-order chi connectivity index (χ0) is 14.2. The normalized spacial score (nSPS) is 29.8. The van der Waals surface area contributed by atoms with Crippen LogP contribution in [0.4, 0.5) is 4.79 Å². The lowest BCUT2D eigenvalue weighted by molar-refractivity contribution is 0.0287. The van der Waals surface area contributed by atoms with Crippen LogP contribution < -0.4 is 5.32 Å². The minimum absolute atomic E-state index is 0.180. The largest absolute Gasteiger partial charge is 0.441 e. The van der Waals surface area contributed by atoms with Gasteiger partial charge in [0.05, 0.1) is 6.54 Å². The zero-order valence-electron chi connectivity index (χ0n) is 12.2. The molecule has 0 saturated carbocycles. The molecule has 2 aliphatic rings. The molecular weight excluding hydrogens is 252 g/mol. The predicted octanol–water partition coefficient (Wildman–Crippen LogP) is 2.32. The second-order valence-corrected chi connectivity index (χ2v) is 6.22. The topological polar surface area (TPSA) is 41.6 Å². The fourth-order valence-electron chi connectivity index (χ4n) is 3.28. The summed E-state index contributed by atoms with van der Waals surface area (Å²) in [5.74, 6) is 0.425. The average Bonchev–Trinajstić information content (AvgIpc) is 3.00. The van der Waals surface area contributed by atoms with E-state index in [0.29, 0.717) is 19.0 Å². The maximum Gasteiger partial charge on any atom is 0.410 e. The van der Waals surface area contributed by atoms with E-state index in [1.807, 2.05) is 11.0 Å². The van der Waals surface area contributed by atoms with Gasteiger partial charge in [0.25, 0.3) is 0 Å². The molecule has 2 fully saturated rings. The number of carbonyl (C=O) groups is 1. The molecule has 4 heteroatoms. The van der Waals surface area contributed by atoms with E-state index in [9.17, 15) is 4.79 Å². The Morgan fingerprint density at radius 3 is 3.05 bits per heavy atom. The second-order valence-electron chi connectivity index (χ2n) is 6.22. The molecule has 1 aromatic rings. The van der Waals surface area contributed by atoms with E-state index in [4.69, 9.17) is 4.74 Å². The second kappa shape index (κ2) is 5.09. The molecule has 0 aromatic heterocycles. The van der Waals surface area contributed by atoms with E-state index in [-0.39, 0.29) is 11.7 Å². The summed E-state index contributed by atoms with van der Waals surface area (Å²) in [6, 6.07) is 8.29. The highest BCUT2D eigenvalue weighted by atomic mass is 16.6. The molecule has 0 bridgehead atoms. The van der Waals surface area contributed by atoms with Crippen molar-refractivity contribution in [2.75, 3.05) is 19.6 Å². The Hall–Kier alpha value is -1.55. The predicted molar refractivity (Wildman–Crippen MR) is 77.5 cm³/mol. The number of aryl methyl sites for hydroxylation is 1. The minimum Gasteiger partial charge on any atom is -0.441 e. The van der Waals surface area contributed by atoms with Gasteiger partial charge >= 0.3 is 6.09 Å². The molecule has 0 radical (unpaired) electrons. The molecule has 20 heavy (non-hydrogen) atoms. The van der Waals surface area contributed by atoms with Gasteiger partial charge < -0.3 is 10.1 Å². The highest BCUT2D eigenvalue weighted by Crippen LogP contribution is 2.34. The first-order valence-electron chi connectivity index (χ1n) is 7.31. The lowest BCUT2D eigenvalue weighted by Gasteiger charge is -2.28. The van der Waals surface area contributed by atoms with Gasteiger partial charge in [-0.15, -0.1) is 0 Å². The van der Waals surface area contributed by atoms with Crippen molar-refractivity contribution in [3.05, 3.63) is 35.4 Å². The Morgan fingerprint density at radius 1 is 1.50 bits per heavy atom. The summed E-state index contributed by atoms with van der Waals surface area (Å²) in [5.41, 5.74) is 2.04. The Labute approximate surface area is 120 Å². The van der Waals surface area contributed by atoms with Crippen molar-refractivity contribution in [1.82, 2.24) is 10.2 Å². The standard InChI is InChI=1S/C16H22N2O2/c1-12-4-3-5-13(8-12)10-18-11-16(2,20-15(18)19)14-6-7-17-9-14/h3-5,8,14,17H,6-7,9-11H2,1-2H3. The fourth-order valence-corrected chi connectivity index (χ4v) is 3.28. The third-order valence-electron chi connectivity index (χ3n) is 4.46. The monoisotopic (exact) mass is 274 g/mol. The molecule has 1 amide bonds. The van der Waals surface area contributed by atoms with Crippen LogP contribution in [0.1, 0.15) is 24.5 Å². The maximum absolute atomic E-state index is 12.1. The molecule has 1 aromatic carbocycles. The summed E-state index contributed by atoms with van der Waals surface area (Å²) in [4.78, 5) is 13.9. The molecule has 108 valence electrons. The van der Waals surface area contributed by atoms with Gasteiger partial charge in [-0.1, -0.05) is 29.8 Å². The van der Waals surface area contributed by atoms with Crippen LogP contribution in [0.15, 0.2) is 24.3 Å². The summed E-state index contributed by atoms with van der Waals surface area (Å²) in [6.07, 6.45) is 0.906. The van der Waals surface area contributed by atoms with Crippen LogP contribution >= 0.6 is 0 Å². The summed E-state index contributed by atoms with van der Waals surface area (Å²) in [5, 5.41) is 3.35. The highest BCUT2D eigenvalue weighted by molar-refractivity contribution is 5.70. The van der Waals surface area contributed by atoms with E-state index in [2.05, 4.69) is 37.4 Å². The average molecular weight is 274 g/mol. The Morgan fingerprint density at radius 2 is 2.35 bits per heavy atom. The molecule has 2 atom stereocenters. The van der Waals surface area contributed by atoms with Crippen molar-refractivity contribution in [3.63, 3.8) is 0 Å². The maximum atomic E-state index is 12.1. The molecule has 2 aliphatic heterocycles. The van der Waals surface area contributed by atoms with Gasteiger partial charge in [0, 0.05) is 19.0 Å². The van der Waals surface area contributed by atoms with Crippen LogP contribution in [0, 0.1) is 12.8 Å². The van der Waals surface area contributed by atoms with Gasteiger partial charge in [-0.2, -0.15) is 0 Å². The van der Waals surface area contributed by atoms with Crippen LogP contribution in [0.2, 0.25) is 0 Å². The highest BCUT2D eigenvalue weighted by Gasteiger charge is 2.47. The third kappa shape index (κ3) is 2.52. The van der Waals surface area contributed by atoms with Crippen LogP contribution in [0.5, 0.6) is 0 Å². The van der Waals surface area contributed by atoms with Crippen molar-refractivity contribution in [3.8, 4) is 0 Å². The lowest BCUT2D eigenvalue weighted by Crippen LogP contribution is -2.40. The van der Waals surface area contributed by atoms with Crippen LogP contribution in [0.25, 0.3) is 0 Å². The number of amides is 1. The molecule has 1 N–H and O–H groups in total. The van der Waals surface area contributed by atoms with Crippen LogP contribution in [0.3, 0.4) is 0 Å². The van der Waals surface area contributed by atoms with Gasteiger partial charge in [0.2, 0.25) is 0 Å². The third-order valence-corrected chi connectivity index (χ3v) is 4.46. The SMILES string of the molecule is Cc1cccc(CN2CC(C)(C3CCNC3)OC2=O)c1. The zero-order valence-corrected chi connectivity index (χ0v) is 12.2. The molecule has 3 rings (SSSR count). The molecule has 0 aliphatic carbocycles. The van der Waals surface area contributed by atoms with Crippen molar-refractivity contribution in [2.45, 2.75) is 32.4 Å². The minimum atomic E-state index is -0.343. The Bertz CT molecular complexity index is 511. The molecular formula is C16H22N2O2. The van der Waals surface area contributed by atoms with Gasteiger partial charge in [-0.05, 0) is 32.4 Å². The molecule has 2 heterocycles. The number of cyclic esters (lactones) is 1. The number of benzene rings is 1. The van der Waals surface area contributed by atoms with Crippen molar-refractivity contribution in [2.24, 2.45) is 5.92 Å². The van der Waals surface area contributed by atoms with E-state index in [1.54, 1.807) is 0 Å². The first-order valence-corrected chi connectivity index (χ1v) is 7.31. The first-order chi connectivity index (χ1) is 9.57. The number of carbonyl (C=O) groups excluding carboxylic acids is 1. The van der Waals surface area contributed by atoms with E-state index in [0.717, 1.165) is 25.1 Å². The molecule has 2 unspecified atom stereocenters. The molecule has 2 saturated heterocycles. The van der Waals surface area contributed by atoms with Crippen molar-refractivity contribution >= 4 is 6.09 Å². The van der Waals surface area contributed by atoms with Crippen LogP contribution in [-0.4, -0.2) is 36.2 Å². The smallest absolute Gasteiger partial charge is 0.410 e. The number of ether oxygens (including phenoxy) is 1. The van der Waals surface area contributed by atoms with E-state index < -0.39 is 0 Å². The van der Waals surface area contributed by atoms with E-state index in [1.165, 1.54) is 5.56 Å². The summed E-state index contributed by atoms with van der Waals surface area (Å²) >= 11 is 0. The first kappa shape index (κ1) is 13.4. The molecule has 0 spiro atoms. The van der Waals surface area contributed by atoms with Gasteiger partial charge in [-0.25, -0.2) is 4.79 Å². The fraction of sp³-hybridized carbons (Fsp3) is 0.562. The summed E-state index contributed by atoms with van der Waals surface area (Å²) < 4.78 is 5.69. The summed E-state index contributed by atoms with van der Waals surface area (Å²) in [6.45, 7) is 7.43. The number of hydrogen-bond donors (Lipinski definition) is 1. The van der Waals surface area contributed by atoms with Gasteiger partial charge in [0.1, 0.15) is 5.60 Å². The number of hydrogen-bond acceptors (Lipinski definition) is 3. The van der Waals surface area contributed by atoms with Gasteiger partial charge in [-0.3, -0.25) is 4.90 Å². The quantitative estimate of drug-likeness (QED) is 0.919. The van der Waals surface area contributed by atoms with Crippen molar-refractivity contribution < 1.29 is 9.53 Å². The molecule has 4 nitrogen and oxygen atoms in total. The van der Waals surface area contributed by atoms with E-state index >= 15 is 0 Å². The number of rotatable bonds is 3. The van der Waals surface area contributed by atoms with Gasteiger partial charge in [0.15, 0.2) is 0 Å².